The number of nitrogen functional groups attached to an aromatic ring is 1. The number of hydrogen-bond donors (Lipinski definition) is 1. The van der Waals surface area contributed by atoms with Crippen LogP contribution < -0.4 is 5.73 Å². The molecule has 19 heavy (non-hydrogen) atoms. The van der Waals surface area contributed by atoms with Crippen molar-refractivity contribution >= 4 is 17.7 Å². The first kappa shape index (κ1) is 15.3. The van der Waals surface area contributed by atoms with Gasteiger partial charge in [0.15, 0.2) is 0 Å². The van der Waals surface area contributed by atoms with Crippen molar-refractivity contribution in [2.45, 2.75) is 33.2 Å². The molecule has 3 heteroatoms. The van der Waals surface area contributed by atoms with Crippen LogP contribution in [0.1, 0.15) is 32.8 Å². The number of amides is 1. The molecule has 1 amide bonds. The van der Waals surface area contributed by atoms with E-state index in [0.717, 1.165) is 12.0 Å². The molecule has 0 heterocycles. The van der Waals surface area contributed by atoms with Crippen LogP contribution in [0, 0.1) is 5.92 Å². The second-order valence-corrected chi connectivity index (χ2v) is 5.43. The van der Waals surface area contributed by atoms with Gasteiger partial charge in [-0.25, -0.2) is 0 Å². The van der Waals surface area contributed by atoms with Crippen molar-refractivity contribution in [3.05, 3.63) is 35.9 Å². The van der Waals surface area contributed by atoms with Crippen molar-refractivity contribution in [1.82, 2.24) is 4.90 Å². The molecule has 0 aromatic heterocycles. The minimum atomic E-state index is 0.0237. The van der Waals surface area contributed by atoms with Gasteiger partial charge in [-0.1, -0.05) is 26.0 Å². The summed E-state index contributed by atoms with van der Waals surface area (Å²) < 4.78 is 0. The Kier molecular flexibility index (Phi) is 5.61. The van der Waals surface area contributed by atoms with Crippen molar-refractivity contribution in [3.63, 3.8) is 0 Å². The fourth-order valence-corrected chi connectivity index (χ4v) is 2.01. The topological polar surface area (TPSA) is 46.3 Å². The maximum atomic E-state index is 12.0. The van der Waals surface area contributed by atoms with Gasteiger partial charge in [-0.05, 0) is 43.0 Å². The number of rotatable bonds is 5. The molecule has 1 aromatic rings. The van der Waals surface area contributed by atoms with Gasteiger partial charge in [0.2, 0.25) is 5.91 Å². The van der Waals surface area contributed by atoms with E-state index in [9.17, 15) is 4.79 Å². The molecular formula is C16H24N2O. The molecule has 0 saturated heterocycles. The van der Waals surface area contributed by atoms with E-state index < -0.39 is 0 Å². The van der Waals surface area contributed by atoms with Crippen molar-refractivity contribution in [3.8, 4) is 0 Å². The molecule has 104 valence electrons. The first-order valence-corrected chi connectivity index (χ1v) is 6.70. The molecule has 1 rings (SSSR count). The SMILES string of the molecule is CC(C)CC(C)N(C)C(=O)/C=C/c1cccc(N)c1. The molecule has 2 N–H and O–H groups in total. The van der Waals surface area contributed by atoms with Gasteiger partial charge in [-0.15, -0.1) is 0 Å². The monoisotopic (exact) mass is 260 g/mol. The fourth-order valence-electron chi connectivity index (χ4n) is 2.01. The standard InChI is InChI=1S/C16H24N2O/c1-12(2)10-13(3)18(4)16(19)9-8-14-6-5-7-15(17)11-14/h5-9,11-13H,10,17H2,1-4H3/b9-8+. The number of carbonyl (C=O) groups is 1. The molecule has 0 fully saturated rings. The summed E-state index contributed by atoms with van der Waals surface area (Å²) >= 11 is 0. The van der Waals surface area contributed by atoms with Gasteiger partial charge in [0.25, 0.3) is 0 Å². The smallest absolute Gasteiger partial charge is 0.246 e. The molecule has 0 aliphatic heterocycles. The highest BCUT2D eigenvalue weighted by Crippen LogP contribution is 2.11. The van der Waals surface area contributed by atoms with E-state index in [1.807, 2.05) is 31.3 Å². The zero-order valence-corrected chi connectivity index (χ0v) is 12.3. The van der Waals surface area contributed by atoms with Crippen molar-refractivity contribution in [2.24, 2.45) is 5.92 Å². The van der Waals surface area contributed by atoms with E-state index in [2.05, 4.69) is 20.8 Å². The van der Waals surface area contributed by atoms with E-state index >= 15 is 0 Å². The Hall–Kier alpha value is -1.77. The fraction of sp³-hybridized carbons (Fsp3) is 0.438. The molecule has 0 bridgehead atoms. The van der Waals surface area contributed by atoms with Crippen LogP contribution in [0.5, 0.6) is 0 Å². The minimum Gasteiger partial charge on any atom is -0.399 e. The number of carbonyl (C=O) groups excluding carboxylic acids is 1. The second-order valence-electron chi connectivity index (χ2n) is 5.43. The first-order valence-electron chi connectivity index (χ1n) is 6.70. The van der Waals surface area contributed by atoms with Crippen LogP contribution >= 0.6 is 0 Å². The summed E-state index contributed by atoms with van der Waals surface area (Å²) in [5.74, 6) is 0.610. The summed E-state index contributed by atoms with van der Waals surface area (Å²) in [6.45, 7) is 6.40. The largest absolute Gasteiger partial charge is 0.399 e. The van der Waals surface area contributed by atoms with E-state index in [0.29, 0.717) is 11.6 Å². The number of likely N-dealkylation sites (N-methyl/N-ethyl adjacent to an activating group) is 1. The van der Waals surface area contributed by atoms with Crippen LogP contribution in [0.2, 0.25) is 0 Å². The Bertz CT molecular complexity index is 452. The minimum absolute atomic E-state index is 0.0237. The van der Waals surface area contributed by atoms with Crippen molar-refractivity contribution in [1.29, 1.82) is 0 Å². The van der Waals surface area contributed by atoms with Gasteiger partial charge < -0.3 is 10.6 Å². The van der Waals surface area contributed by atoms with Crippen LogP contribution in [-0.4, -0.2) is 23.9 Å². The Balaban J connectivity index is 2.63. The molecule has 0 spiro atoms. The van der Waals surface area contributed by atoms with Gasteiger partial charge in [-0.3, -0.25) is 4.79 Å². The lowest BCUT2D eigenvalue weighted by Crippen LogP contribution is -2.34. The van der Waals surface area contributed by atoms with E-state index in [1.54, 1.807) is 17.1 Å². The summed E-state index contributed by atoms with van der Waals surface area (Å²) in [5, 5.41) is 0. The molecule has 0 saturated carbocycles. The molecule has 0 radical (unpaired) electrons. The molecule has 1 aromatic carbocycles. The van der Waals surface area contributed by atoms with Crippen LogP contribution in [0.4, 0.5) is 5.69 Å². The van der Waals surface area contributed by atoms with Gasteiger partial charge in [0.1, 0.15) is 0 Å². The zero-order valence-electron chi connectivity index (χ0n) is 12.3. The molecule has 0 aliphatic carbocycles. The Morgan fingerprint density at radius 3 is 2.63 bits per heavy atom. The molecule has 1 unspecified atom stereocenters. The number of nitrogens with zero attached hydrogens (tertiary/aromatic N) is 1. The van der Waals surface area contributed by atoms with Gasteiger partial charge >= 0.3 is 0 Å². The van der Waals surface area contributed by atoms with Crippen molar-refractivity contribution in [2.75, 3.05) is 12.8 Å². The molecule has 3 nitrogen and oxygen atoms in total. The quantitative estimate of drug-likeness (QED) is 0.653. The normalized spacial score (nSPS) is 12.9. The highest BCUT2D eigenvalue weighted by Gasteiger charge is 2.14. The molecule has 1 atom stereocenters. The Labute approximate surface area is 116 Å². The highest BCUT2D eigenvalue weighted by molar-refractivity contribution is 5.91. The predicted octanol–water partition coefficient (Wildman–Crippen LogP) is 3.18. The lowest BCUT2D eigenvalue weighted by atomic mass is 10.0. The van der Waals surface area contributed by atoms with Crippen LogP contribution in [0.3, 0.4) is 0 Å². The summed E-state index contributed by atoms with van der Waals surface area (Å²) in [7, 11) is 1.85. The van der Waals surface area contributed by atoms with E-state index in [-0.39, 0.29) is 11.9 Å². The van der Waals surface area contributed by atoms with E-state index in [4.69, 9.17) is 5.73 Å². The average Bonchev–Trinajstić information content (AvgIpc) is 2.34. The first-order chi connectivity index (χ1) is 8.90. The zero-order chi connectivity index (χ0) is 14.4. The summed E-state index contributed by atoms with van der Waals surface area (Å²) in [6.07, 6.45) is 4.41. The number of nitrogens with two attached hydrogens (primary N) is 1. The molecular weight excluding hydrogens is 236 g/mol. The lowest BCUT2D eigenvalue weighted by molar-refractivity contribution is -0.126. The average molecular weight is 260 g/mol. The third-order valence-corrected chi connectivity index (χ3v) is 3.15. The summed E-state index contributed by atoms with van der Waals surface area (Å²) in [4.78, 5) is 13.8. The third-order valence-electron chi connectivity index (χ3n) is 3.15. The van der Waals surface area contributed by atoms with Gasteiger partial charge in [0.05, 0.1) is 0 Å². The van der Waals surface area contributed by atoms with Crippen LogP contribution in [0.15, 0.2) is 30.3 Å². The van der Waals surface area contributed by atoms with E-state index in [1.165, 1.54) is 0 Å². The van der Waals surface area contributed by atoms with Crippen LogP contribution in [-0.2, 0) is 4.79 Å². The maximum absolute atomic E-state index is 12.0. The third kappa shape index (κ3) is 5.16. The molecule has 0 aliphatic rings. The lowest BCUT2D eigenvalue weighted by Gasteiger charge is -2.25. The maximum Gasteiger partial charge on any atom is 0.246 e. The number of anilines is 1. The predicted molar refractivity (Wildman–Crippen MR) is 81.6 cm³/mol. The van der Waals surface area contributed by atoms with Gasteiger partial charge in [-0.2, -0.15) is 0 Å². The van der Waals surface area contributed by atoms with Gasteiger partial charge in [0, 0.05) is 24.9 Å². The Morgan fingerprint density at radius 1 is 1.37 bits per heavy atom. The summed E-state index contributed by atoms with van der Waals surface area (Å²) in [5.41, 5.74) is 7.35. The number of hydrogen-bond acceptors (Lipinski definition) is 2. The second kappa shape index (κ2) is 6.98. The Morgan fingerprint density at radius 2 is 2.05 bits per heavy atom. The summed E-state index contributed by atoms with van der Waals surface area (Å²) in [6, 6.07) is 7.73. The van der Waals surface area contributed by atoms with Crippen molar-refractivity contribution < 1.29 is 4.79 Å². The van der Waals surface area contributed by atoms with Crippen LogP contribution in [0.25, 0.3) is 6.08 Å². The highest BCUT2D eigenvalue weighted by atomic mass is 16.2. The number of benzene rings is 1.